The number of rotatable bonds is 9. The van der Waals surface area contributed by atoms with E-state index < -0.39 is 46.6 Å². The molecule has 1 atom stereocenters. The first-order chi connectivity index (χ1) is 18.7. The molecule has 1 fully saturated rings. The van der Waals surface area contributed by atoms with E-state index in [0.29, 0.717) is 25.7 Å². The van der Waals surface area contributed by atoms with Crippen LogP contribution in [0.3, 0.4) is 0 Å². The van der Waals surface area contributed by atoms with Gasteiger partial charge in [0.25, 0.3) is 0 Å². The zero-order valence-corrected chi connectivity index (χ0v) is 21.7. The van der Waals surface area contributed by atoms with E-state index in [2.05, 4.69) is 0 Å². The molecule has 210 valence electrons. The highest BCUT2D eigenvalue weighted by Crippen LogP contribution is 2.40. The second kappa shape index (κ2) is 12.3. The third-order valence-corrected chi connectivity index (χ3v) is 7.33. The summed E-state index contributed by atoms with van der Waals surface area (Å²) in [6.45, 7) is 3.50. The minimum Gasteiger partial charge on any atom is -0.491 e. The standard InChI is InChI=1S/C30H30F6O3/c1-3-22(37)21-12-14-24(30(36)28(21)34)39-15-16-5-7-17(8-6-16)18-9-10-19(26(32)25(18)31)20-11-13-23(38-4-2)29(35)27(20)33/h9-14,16-17,22,37H,3-8,15H2,1-2H3. The summed E-state index contributed by atoms with van der Waals surface area (Å²) in [5, 5.41) is 9.80. The van der Waals surface area contributed by atoms with Crippen LogP contribution >= 0.6 is 0 Å². The minimum absolute atomic E-state index is 0.00211. The van der Waals surface area contributed by atoms with Crippen molar-refractivity contribution in [3.8, 4) is 22.6 Å². The van der Waals surface area contributed by atoms with Gasteiger partial charge >= 0.3 is 0 Å². The van der Waals surface area contributed by atoms with Crippen molar-refractivity contribution in [3.05, 3.63) is 82.4 Å². The number of aliphatic hydroxyl groups excluding tert-OH is 1. The molecule has 0 aromatic heterocycles. The maximum Gasteiger partial charge on any atom is 0.201 e. The van der Waals surface area contributed by atoms with Crippen molar-refractivity contribution in [1.82, 2.24) is 0 Å². The largest absolute Gasteiger partial charge is 0.491 e. The Morgan fingerprint density at radius 2 is 1.26 bits per heavy atom. The molecule has 0 radical (unpaired) electrons. The fraction of sp³-hybridized carbons (Fsp3) is 0.400. The first-order valence-electron chi connectivity index (χ1n) is 13.1. The van der Waals surface area contributed by atoms with Crippen molar-refractivity contribution in [2.75, 3.05) is 13.2 Å². The van der Waals surface area contributed by atoms with Crippen LogP contribution in [-0.2, 0) is 0 Å². The van der Waals surface area contributed by atoms with Crippen LogP contribution in [0.1, 0.15) is 69.1 Å². The van der Waals surface area contributed by atoms with Crippen LogP contribution in [0.2, 0.25) is 0 Å². The first kappa shape index (κ1) is 28.8. The van der Waals surface area contributed by atoms with Crippen LogP contribution in [0.4, 0.5) is 26.3 Å². The van der Waals surface area contributed by atoms with E-state index in [1.165, 1.54) is 30.3 Å². The smallest absolute Gasteiger partial charge is 0.201 e. The van der Waals surface area contributed by atoms with Crippen LogP contribution in [0.15, 0.2) is 36.4 Å². The van der Waals surface area contributed by atoms with E-state index in [4.69, 9.17) is 9.47 Å². The molecule has 0 saturated heterocycles. The highest BCUT2D eigenvalue weighted by molar-refractivity contribution is 5.66. The predicted molar refractivity (Wildman–Crippen MR) is 135 cm³/mol. The van der Waals surface area contributed by atoms with E-state index in [-0.39, 0.29) is 59.7 Å². The lowest BCUT2D eigenvalue weighted by Gasteiger charge is -2.29. The van der Waals surface area contributed by atoms with Gasteiger partial charge in [-0.25, -0.2) is 17.6 Å². The van der Waals surface area contributed by atoms with Crippen LogP contribution in [-0.4, -0.2) is 18.3 Å². The Kier molecular flexibility index (Phi) is 9.10. The first-order valence-corrected chi connectivity index (χ1v) is 13.1. The van der Waals surface area contributed by atoms with Crippen molar-refractivity contribution in [2.45, 2.75) is 58.0 Å². The van der Waals surface area contributed by atoms with E-state index >= 15 is 8.78 Å². The molecule has 0 amide bonds. The maximum absolute atomic E-state index is 15.1. The monoisotopic (exact) mass is 552 g/mol. The average molecular weight is 553 g/mol. The summed E-state index contributed by atoms with van der Waals surface area (Å²) in [6, 6.07) is 7.56. The Morgan fingerprint density at radius 1 is 0.692 bits per heavy atom. The Bertz CT molecular complexity index is 1320. The Labute approximate surface area is 223 Å². The van der Waals surface area contributed by atoms with Gasteiger partial charge in [0.2, 0.25) is 11.6 Å². The molecule has 3 aromatic carbocycles. The molecule has 0 bridgehead atoms. The van der Waals surface area contributed by atoms with E-state index in [0.717, 1.165) is 6.07 Å². The van der Waals surface area contributed by atoms with Crippen LogP contribution in [0.25, 0.3) is 11.1 Å². The molecule has 1 N–H and O–H groups in total. The van der Waals surface area contributed by atoms with Crippen LogP contribution in [0.5, 0.6) is 11.5 Å². The molecular formula is C30H30F6O3. The summed E-state index contributed by atoms with van der Waals surface area (Å²) >= 11 is 0. The molecule has 0 aliphatic heterocycles. The lowest BCUT2D eigenvalue weighted by atomic mass is 9.78. The normalized spacial score (nSPS) is 18.2. The second-order valence-corrected chi connectivity index (χ2v) is 9.74. The zero-order valence-electron chi connectivity index (χ0n) is 21.7. The Hall–Kier alpha value is -3.20. The number of halogens is 6. The summed E-state index contributed by atoms with van der Waals surface area (Å²) < 4.78 is 98.2. The highest BCUT2D eigenvalue weighted by Gasteiger charge is 2.28. The fourth-order valence-electron chi connectivity index (χ4n) is 5.08. The molecule has 4 rings (SSSR count). The molecule has 3 nitrogen and oxygen atoms in total. The molecule has 1 aliphatic rings. The molecule has 0 spiro atoms. The Morgan fingerprint density at radius 3 is 1.90 bits per heavy atom. The number of aliphatic hydroxyl groups is 1. The third-order valence-electron chi connectivity index (χ3n) is 7.33. The van der Waals surface area contributed by atoms with Gasteiger partial charge in [0, 0.05) is 16.7 Å². The SMILES string of the molecule is CCOc1ccc(-c2ccc(C3CCC(COc4ccc(C(O)CC)c(F)c4F)CC3)c(F)c2F)c(F)c1F. The van der Waals surface area contributed by atoms with Gasteiger partial charge in [0.05, 0.1) is 19.3 Å². The molecule has 1 saturated carbocycles. The van der Waals surface area contributed by atoms with Gasteiger partial charge in [-0.3, -0.25) is 0 Å². The number of ether oxygens (including phenoxy) is 2. The number of hydrogen-bond acceptors (Lipinski definition) is 3. The van der Waals surface area contributed by atoms with Gasteiger partial charge in [0.1, 0.15) is 0 Å². The van der Waals surface area contributed by atoms with Gasteiger partial charge in [0.15, 0.2) is 34.8 Å². The number of benzene rings is 3. The van der Waals surface area contributed by atoms with Crippen LogP contribution in [0, 0.1) is 40.8 Å². The number of hydrogen-bond donors (Lipinski definition) is 1. The van der Waals surface area contributed by atoms with E-state index in [1.807, 2.05) is 0 Å². The van der Waals surface area contributed by atoms with E-state index in [9.17, 15) is 22.7 Å². The zero-order chi connectivity index (χ0) is 28.3. The topological polar surface area (TPSA) is 38.7 Å². The lowest BCUT2D eigenvalue weighted by Crippen LogP contribution is -2.20. The van der Waals surface area contributed by atoms with Gasteiger partial charge in [-0.05, 0) is 80.7 Å². The molecule has 39 heavy (non-hydrogen) atoms. The minimum atomic E-state index is -1.32. The second-order valence-electron chi connectivity index (χ2n) is 9.74. The van der Waals surface area contributed by atoms with Crippen LogP contribution < -0.4 is 9.47 Å². The summed E-state index contributed by atoms with van der Waals surface area (Å²) in [5.41, 5.74) is -0.760. The van der Waals surface area contributed by atoms with Crippen molar-refractivity contribution in [2.24, 2.45) is 5.92 Å². The van der Waals surface area contributed by atoms with Crippen molar-refractivity contribution in [3.63, 3.8) is 0 Å². The summed E-state index contributed by atoms with van der Waals surface area (Å²) in [7, 11) is 0. The molecule has 1 aliphatic carbocycles. The molecule has 3 aromatic rings. The average Bonchev–Trinajstić information content (AvgIpc) is 2.94. The highest BCUT2D eigenvalue weighted by atomic mass is 19.2. The predicted octanol–water partition coefficient (Wildman–Crippen LogP) is 8.38. The third kappa shape index (κ3) is 5.88. The van der Waals surface area contributed by atoms with Gasteiger partial charge in [-0.15, -0.1) is 0 Å². The van der Waals surface area contributed by atoms with Gasteiger partial charge in [-0.2, -0.15) is 8.78 Å². The molecule has 9 heteroatoms. The van der Waals surface area contributed by atoms with Gasteiger partial charge < -0.3 is 14.6 Å². The Balaban J connectivity index is 1.41. The summed E-state index contributed by atoms with van der Waals surface area (Å²) in [6.07, 6.45) is 1.32. The molecule has 1 unspecified atom stereocenters. The van der Waals surface area contributed by atoms with Crippen molar-refractivity contribution >= 4 is 0 Å². The summed E-state index contributed by atoms with van der Waals surface area (Å²) in [4.78, 5) is 0. The van der Waals surface area contributed by atoms with Gasteiger partial charge in [-0.1, -0.05) is 19.1 Å². The quantitative estimate of drug-likeness (QED) is 0.271. The van der Waals surface area contributed by atoms with Crippen molar-refractivity contribution in [1.29, 1.82) is 0 Å². The van der Waals surface area contributed by atoms with Crippen molar-refractivity contribution < 1.29 is 40.9 Å². The van der Waals surface area contributed by atoms with E-state index in [1.54, 1.807) is 13.8 Å². The molecule has 0 heterocycles. The maximum atomic E-state index is 15.1. The molecular weight excluding hydrogens is 522 g/mol. The fourth-order valence-corrected chi connectivity index (χ4v) is 5.08. The summed E-state index contributed by atoms with van der Waals surface area (Å²) in [5.74, 6) is -8.10. The lowest BCUT2D eigenvalue weighted by molar-refractivity contribution is 0.165.